The van der Waals surface area contributed by atoms with Gasteiger partial charge in [-0.15, -0.1) is 10.2 Å². The maximum absolute atomic E-state index is 13.6. The summed E-state index contributed by atoms with van der Waals surface area (Å²) < 4.78 is 22.5. The molecule has 4 rings (SSSR count). The molecule has 0 amide bonds. The highest BCUT2D eigenvalue weighted by atomic mass is 19.1. The van der Waals surface area contributed by atoms with Gasteiger partial charge < -0.3 is 9.30 Å². The first kappa shape index (κ1) is 18.5. The van der Waals surface area contributed by atoms with Gasteiger partial charge in [-0.05, 0) is 43.6 Å². The SMILES string of the molecule is COc1cc(CN2CCC(c3nnc(Cn4cncn4)n3C)CC2)ccc1F. The van der Waals surface area contributed by atoms with E-state index in [0.29, 0.717) is 18.2 Å². The van der Waals surface area contributed by atoms with Crippen LogP contribution in [0.1, 0.15) is 36.0 Å². The lowest BCUT2D eigenvalue weighted by atomic mass is 9.95. The van der Waals surface area contributed by atoms with Crippen LogP contribution in [0.15, 0.2) is 30.9 Å². The number of methoxy groups -OCH3 is 1. The van der Waals surface area contributed by atoms with E-state index >= 15 is 0 Å². The molecule has 3 aromatic rings. The van der Waals surface area contributed by atoms with Gasteiger partial charge in [-0.1, -0.05) is 6.07 Å². The summed E-state index contributed by atoms with van der Waals surface area (Å²) in [6.07, 6.45) is 5.24. The molecule has 1 fully saturated rings. The van der Waals surface area contributed by atoms with E-state index in [1.165, 1.54) is 19.5 Å². The minimum absolute atomic E-state index is 0.298. The second-order valence-electron chi connectivity index (χ2n) is 7.15. The van der Waals surface area contributed by atoms with E-state index in [9.17, 15) is 4.39 Å². The Hall–Kier alpha value is -2.81. The summed E-state index contributed by atoms with van der Waals surface area (Å²) in [5.41, 5.74) is 1.06. The number of benzene rings is 1. The van der Waals surface area contributed by atoms with Crippen molar-refractivity contribution in [3.8, 4) is 5.75 Å². The van der Waals surface area contributed by atoms with Gasteiger partial charge in [0.1, 0.15) is 25.0 Å². The lowest BCUT2D eigenvalue weighted by molar-refractivity contribution is 0.200. The van der Waals surface area contributed by atoms with Crippen molar-refractivity contribution < 1.29 is 9.13 Å². The van der Waals surface area contributed by atoms with Crippen molar-refractivity contribution in [3.05, 3.63) is 53.9 Å². The maximum Gasteiger partial charge on any atom is 0.165 e. The second-order valence-corrected chi connectivity index (χ2v) is 7.15. The van der Waals surface area contributed by atoms with Crippen molar-refractivity contribution >= 4 is 0 Å². The molecule has 0 aliphatic carbocycles. The molecule has 8 nitrogen and oxygen atoms in total. The summed E-state index contributed by atoms with van der Waals surface area (Å²) in [5.74, 6) is 2.26. The minimum Gasteiger partial charge on any atom is -0.494 e. The number of hydrogen-bond donors (Lipinski definition) is 0. The summed E-state index contributed by atoms with van der Waals surface area (Å²) in [7, 11) is 3.50. The van der Waals surface area contributed by atoms with E-state index in [1.54, 1.807) is 17.1 Å². The van der Waals surface area contributed by atoms with Gasteiger partial charge in [0.15, 0.2) is 17.4 Å². The minimum atomic E-state index is -0.325. The van der Waals surface area contributed by atoms with Crippen molar-refractivity contribution in [1.82, 2.24) is 34.4 Å². The molecule has 3 heterocycles. The fraction of sp³-hybridized carbons (Fsp3) is 0.474. The Bertz CT molecular complexity index is 917. The molecule has 0 atom stereocenters. The van der Waals surface area contributed by atoms with Crippen LogP contribution in [0.5, 0.6) is 5.75 Å². The average molecular weight is 385 g/mol. The normalized spacial score (nSPS) is 15.8. The monoisotopic (exact) mass is 385 g/mol. The summed E-state index contributed by atoms with van der Waals surface area (Å²) >= 11 is 0. The van der Waals surface area contributed by atoms with E-state index < -0.39 is 0 Å². The van der Waals surface area contributed by atoms with E-state index in [2.05, 4.69) is 29.7 Å². The van der Waals surface area contributed by atoms with Crippen LogP contribution in [0.25, 0.3) is 0 Å². The molecule has 0 spiro atoms. The van der Waals surface area contributed by atoms with Gasteiger partial charge >= 0.3 is 0 Å². The lowest BCUT2D eigenvalue weighted by Crippen LogP contribution is -2.33. The summed E-state index contributed by atoms with van der Waals surface area (Å²) in [5, 5.41) is 12.9. The smallest absolute Gasteiger partial charge is 0.165 e. The Balaban J connectivity index is 1.36. The molecular weight excluding hydrogens is 361 g/mol. The molecule has 0 N–H and O–H groups in total. The third kappa shape index (κ3) is 3.89. The molecule has 1 aromatic carbocycles. The van der Waals surface area contributed by atoms with Crippen LogP contribution in [0.4, 0.5) is 4.39 Å². The van der Waals surface area contributed by atoms with E-state index in [-0.39, 0.29) is 5.82 Å². The molecule has 2 aromatic heterocycles. The number of likely N-dealkylation sites (tertiary alicyclic amines) is 1. The predicted octanol–water partition coefficient (Wildman–Crippen LogP) is 1.98. The predicted molar refractivity (Wildman–Crippen MR) is 100 cm³/mol. The molecular formula is C19H24FN7O. The average Bonchev–Trinajstić information content (AvgIpc) is 3.35. The molecule has 0 bridgehead atoms. The topological polar surface area (TPSA) is 73.9 Å². The van der Waals surface area contributed by atoms with Gasteiger partial charge in [-0.3, -0.25) is 4.90 Å². The Labute approximate surface area is 163 Å². The zero-order valence-electron chi connectivity index (χ0n) is 16.1. The molecule has 1 aliphatic heterocycles. The number of piperidine rings is 1. The summed E-state index contributed by atoms with van der Waals surface area (Å²) in [6.45, 7) is 3.29. The van der Waals surface area contributed by atoms with Gasteiger partial charge in [0.05, 0.1) is 7.11 Å². The highest BCUT2D eigenvalue weighted by Crippen LogP contribution is 2.28. The third-order valence-corrected chi connectivity index (χ3v) is 5.34. The fourth-order valence-corrected chi connectivity index (χ4v) is 3.74. The molecule has 148 valence electrons. The first-order chi connectivity index (χ1) is 13.6. The number of halogens is 1. The first-order valence-corrected chi connectivity index (χ1v) is 9.39. The number of hydrogen-bond acceptors (Lipinski definition) is 6. The number of nitrogens with zero attached hydrogens (tertiary/aromatic N) is 7. The van der Waals surface area contributed by atoms with Crippen molar-refractivity contribution in [2.75, 3.05) is 20.2 Å². The first-order valence-electron chi connectivity index (χ1n) is 9.39. The van der Waals surface area contributed by atoms with Crippen molar-refractivity contribution in [2.24, 2.45) is 7.05 Å². The molecule has 0 saturated carbocycles. The lowest BCUT2D eigenvalue weighted by Gasteiger charge is -2.31. The largest absolute Gasteiger partial charge is 0.494 e. The van der Waals surface area contributed by atoms with Gasteiger partial charge in [-0.2, -0.15) is 5.10 Å². The zero-order valence-corrected chi connectivity index (χ0v) is 16.1. The van der Waals surface area contributed by atoms with Crippen LogP contribution in [-0.4, -0.2) is 54.6 Å². The molecule has 0 unspecified atom stereocenters. The summed E-state index contributed by atoms with van der Waals surface area (Å²) in [4.78, 5) is 6.35. The number of ether oxygens (including phenoxy) is 1. The van der Waals surface area contributed by atoms with Crippen molar-refractivity contribution in [1.29, 1.82) is 0 Å². The Kier molecular flexibility index (Phi) is 5.34. The molecule has 1 saturated heterocycles. The van der Waals surface area contributed by atoms with Crippen molar-refractivity contribution in [3.63, 3.8) is 0 Å². The van der Waals surface area contributed by atoms with Crippen LogP contribution in [0.3, 0.4) is 0 Å². The van der Waals surface area contributed by atoms with E-state index in [1.807, 2.05) is 13.1 Å². The van der Waals surface area contributed by atoms with E-state index in [4.69, 9.17) is 4.74 Å². The Morgan fingerprint density at radius 3 is 2.71 bits per heavy atom. The van der Waals surface area contributed by atoms with Crippen LogP contribution in [0.2, 0.25) is 0 Å². The standard InChI is InChI=1S/C19H24FN7O/c1-25-18(11-27-13-21-12-22-27)23-24-19(25)15-5-7-26(8-6-15)10-14-3-4-16(20)17(9-14)28-2/h3-4,9,12-13,15H,5-8,10-11H2,1-2H3. The quantitative estimate of drug-likeness (QED) is 0.646. The fourth-order valence-electron chi connectivity index (χ4n) is 3.74. The Morgan fingerprint density at radius 1 is 1.18 bits per heavy atom. The molecule has 0 radical (unpaired) electrons. The van der Waals surface area contributed by atoms with Crippen LogP contribution < -0.4 is 4.74 Å². The van der Waals surface area contributed by atoms with Gasteiger partial charge in [0.25, 0.3) is 0 Å². The highest BCUT2D eigenvalue weighted by Gasteiger charge is 2.25. The second kappa shape index (κ2) is 8.05. The van der Waals surface area contributed by atoms with Gasteiger partial charge in [0.2, 0.25) is 0 Å². The third-order valence-electron chi connectivity index (χ3n) is 5.34. The van der Waals surface area contributed by atoms with Crippen molar-refractivity contribution in [2.45, 2.75) is 31.8 Å². The molecule has 9 heteroatoms. The maximum atomic E-state index is 13.6. The van der Waals surface area contributed by atoms with Gasteiger partial charge in [0, 0.05) is 19.5 Å². The highest BCUT2D eigenvalue weighted by molar-refractivity contribution is 5.30. The number of rotatable bonds is 6. The Morgan fingerprint density at radius 2 is 2.00 bits per heavy atom. The zero-order chi connectivity index (χ0) is 19.5. The number of aromatic nitrogens is 6. The molecule has 1 aliphatic rings. The van der Waals surface area contributed by atoms with Crippen LogP contribution >= 0.6 is 0 Å². The van der Waals surface area contributed by atoms with Crippen LogP contribution in [-0.2, 0) is 20.1 Å². The summed E-state index contributed by atoms with van der Waals surface area (Å²) in [6, 6.07) is 5.07. The van der Waals surface area contributed by atoms with Gasteiger partial charge in [-0.25, -0.2) is 14.1 Å². The van der Waals surface area contributed by atoms with E-state index in [0.717, 1.165) is 49.7 Å². The molecule has 28 heavy (non-hydrogen) atoms. The van der Waals surface area contributed by atoms with Crippen LogP contribution in [0, 0.1) is 5.82 Å².